The maximum atomic E-state index is 12.4. The molecule has 126 valence electrons. The van der Waals surface area contributed by atoms with Crippen LogP contribution in [0.3, 0.4) is 0 Å². The van der Waals surface area contributed by atoms with Crippen molar-refractivity contribution in [1.82, 2.24) is 4.90 Å². The molecule has 0 bridgehead atoms. The Morgan fingerprint density at radius 1 is 1.35 bits per heavy atom. The van der Waals surface area contributed by atoms with Crippen molar-refractivity contribution >= 4 is 11.9 Å². The number of rotatable bonds is 8. The molecule has 6 heteroatoms. The number of carbonyl (C=O) groups is 2. The van der Waals surface area contributed by atoms with Crippen LogP contribution in [0.15, 0.2) is 24.3 Å². The summed E-state index contributed by atoms with van der Waals surface area (Å²) < 4.78 is 11.1. The fourth-order valence-electron chi connectivity index (χ4n) is 2.53. The summed E-state index contributed by atoms with van der Waals surface area (Å²) in [6.45, 7) is 3.34. The van der Waals surface area contributed by atoms with Crippen molar-refractivity contribution < 1.29 is 24.2 Å². The van der Waals surface area contributed by atoms with Crippen LogP contribution in [0.1, 0.15) is 36.5 Å². The molecule has 1 aromatic rings. The standard InChI is InChI=1S/C17H23NO5/c1-2-9-18(11-16(19)20)17(21)13-5-7-14(8-6-13)23-12-15-4-3-10-22-15/h5-8,15H,2-4,9-12H2,1H3,(H,19,20). The van der Waals surface area contributed by atoms with Crippen molar-refractivity contribution in [3.63, 3.8) is 0 Å². The average Bonchev–Trinajstić information content (AvgIpc) is 3.05. The van der Waals surface area contributed by atoms with E-state index in [-0.39, 0.29) is 18.6 Å². The SMILES string of the molecule is CCCN(CC(=O)O)C(=O)c1ccc(OCC2CCCO2)cc1. The highest BCUT2D eigenvalue weighted by atomic mass is 16.5. The number of benzene rings is 1. The number of hydrogen-bond donors (Lipinski definition) is 1. The predicted molar refractivity (Wildman–Crippen MR) is 84.7 cm³/mol. The summed E-state index contributed by atoms with van der Waals surface area (Å²) in [4.78, 5) is 24.5. The zero-order valence-electron chi connectivity index (χ0n) is 13.4. The molecule has 0 aliphatic carbocycles. The van der Waals surface area contributed by atoms with Gasteiger partial charge in [0.1, 0.15) is 18.9 Å². The molecule has 1 aliphatic heterocycles. The van der Waals surface area contributed by atoms with E-state index in [0.717, 1.165) is 19.4 Å². The molecule has 1 saturated heterocycles. The minimum absolute atomic E-state index is 0.145. The number of carbonyl (C=O) groups excluding carboxylic acids is 1. The third-order valence-corrected chi connectivity index (χ3v) is 3.67. The molecule has 1 heterocycles. The van der Waals surface area contributed by atoms with Gasteiger partial charge < -0.3 is 19.5 Å². The van der Waals surface area contributed by atoms with Crippen LogP contribution in [0.5, 0.6) is 5.75 Å². The topological polar surface area (TPSA) is 76.1 Å². The first-order valence-corrected chi connectivity index (χ1v) is 7.95. The van der Waals surface area contributed by atoms with Crippen LogP contribution in [0.25, 0.3) is 0 Å². The van der Waals surface area contributed by atoms with Crippen molar-refractivity contribution in [2.45, 2.75) is 32.3 Å². The highest BCUT2D eigenvalue weighted by Gasteiger charge is 2.18. The first kappa shape index (κ1) is 17.3. The van der Waals surface area contributed by atoms with Gasteiger partial charge in [-0.15, -0.1) is 0 Å². The van der Waals surface area contributed by atoms with Crippen molar-refractivity contribution in [1.29, 1.82) is 0 Å². The van der Waals surface area contributed by atoms with Gasteiger partial charge in [-0.25, -0.2) is 0 Å². The summed E-state index contributed by atoms with van der Waals surface area (Å²) in [7, 11) is 0. The number of carboxylic acids is 1. The second-order valence-corrected chi connectivity index (χ2v) is 5.59. The lowest BCUT2D eigenvalue weighted by molar-refractivity contribution is -0.137. The number of hydrogen-bond acceptors (Lipinski definition) is 4. The summed E-state index contributed by atoms with van der Waals surface area (Å²) in [5, 5.41) is 8.90. The summed E-state index contributed by atoms with van der Waals surface area (Å²) >= 11 is 0. The van der Waals surface area contributed by atoms with Crippen LogP contribution < -0.4 is 4.74 Å². The number of amides is 1. The maximum Gasteiger partial charge on any atom is 0.323 e. The van der Waals surface area contributed by atoms with Crippen LogP contribution in [0, 0.1) is 0 Å². The highest BCUT2D eigenvalue weighted by Crippen LogP contribution is 2.17. The summed E-state index contributed by atoms with van der Waals surface area (Å²) in [6, 6.07) is 6.79. The van der Waals surface area contributed by atoms with E-state index in [4.69, 9.17) is 14.6 Å². The number of ether oxygens (including phenoxy) is 2. The van der Waals surface area contributed by atoms with Gasteiger partial charge in [0.2, 0.25) is 0 Å². The van der Waals surface area contributed by atoms with Crippen molar-refractivity contribution in [2.24, 2.45) is 0 Å². The van der Waals surface area contributed by atoms with Gasteiger partial charge in [-0.2, -0.15) is 0 Å². The van der Waals surface area contributed by atoms with E-state index in [1.165, 1.54) is 4.90 Å². The molecule has 1 fully saturated rings. The minimum Gasteiger partial charge on any atom is -0.491 e. The molecule has 2 rings (SSSR count). The van der Waals surface area contributed by atoms with E-state index in [2.05, 4.69) is 0 Å². The number of aliphatic carboxylic acids is 1. The maximum absolute atomic E-state index is 12.4. The molecule has 1 aromatic carbocycles. The van der Waals surface area contributed by atoms with Crippen molar-refractivity contribution in [3.05, 3.63) is 29.8 Å². The normalized spacial score (nSPS) is 17.0. The fourth-order valence-corrected chi connectivity index (χ4v) is 2.53. The van der Waals surface area contributed by atoms with E-state index < -0.39 is 5.97 Å². The Labute approximate surface area is 136 Å². The molecule has 1 aliphatic rings. The zero-order valence-corrected chi connectivity index (χ0v) is 13.4. The lowest BCUT2D eigenvalue weighted by Gasteiger charge is -2.20. The lowest BCUT2D eigenvalue weighted by atomic mass is 10.2. The molecular formula is C17H23NO5. The molecular weight excluding hydrogens is 298 g/mol. The summed E-state index contributed by atoms with van der Waals surface area (Å²) in [5.74, 6) is -0.611. The van der Waals surface area contributed by atoms with Gasteiger partial charge in [0.15, 0.2) is 0 Å². The Bertz CT molecular complexity index is 522. The number of nitrogens with zero attached hydrogens (tertiary/aromatic N) is 1. The van der Waals surface area contributed by atoms with Crippen LogP contribution >= 0.6 is 0 Å². The molecule has 1 atom stereocenters. The van der Waals surface area contributed by atoms with Gasteiger partial charge >= 0.3 is 5.97 Å². The quantitative estimate of drug-likeness (QED) is 0.794. The molecule has 1 amide bonds. The van der Waals surface area contributed by atoms with Gasteiger partial charge in [-0.3, -0.25) is 9.59 Å². The molecule has 0 radical (unpaired) electrons. The van der Waals surface area contributed by atoms with Crippen molar-refractivity contribution in [2.75, 3.05) is 26.3 Å². The molecule has 6 nitrogen and oxygen atoms in total. The van der Waals surface area contributed by atoms with Crippen LogP contribution in [0.2, 0.25) is 0 Å². The molecule has 0 saturated carbocycles. The first-order valence-electron chi connectivity index (χ1n) is 7.95. The van der Waals surface area contributed by atoms with Gasteiger partial charge in [0.05, 0.1) is 6.10 Å². The Kier molecular flexibility index (Phi) is 6.40. The first-order chi connectivity index (χ1) is 11.1. The third kappa shape index (κ3) is 5.25. The molecule has 0 aromatic heterocycles. The Balaban J connectivity index is 1.93. The van der Waals surface area contributed by atoms with Crippen LogP contribution in [0.4, 0.5) is 0 Å². The molecule has 1 N–H and O–H groups in total. The predicted octanol–water partition coefficient (Wildman–Crippen LogP) is 2.18. The zero-order chi connectivity index (χ0) is 16.7. The van der Waals surface area contributed by atoms with Gasteiger partial charge in [0.25, 0.3) is 5.91 Å². The second-order valence-electron chi connectivity index (χ2n) is 5.59. The van der Waals surface area contributed by atoms with Gasteiger partial charge in [-0.1, -0.05) is 6.92 Å². The van der Waals surface area contributed by atoms with Crippen molar-refractivity contribution in [3.8, 4) is 5.75 Å². The number of carboxylic acid groups (broad SMARTS) is 1. The Hall–Kier alpha value is -2.08. The smallest absolute Gasteiger partial charge is 0.323 e. The van der Waals surface area contributed by atoms with E-state index in [1.54, 1.807) is 24.3 Å². The molecule has 23 heavy (non-hydrogen) atoms. The largest absolute Gasteiger partial charge is 0.491 e. The lowest BCUT2D eigenvalue weighted by Crippen LogP contribution is -2.36. The second kappa shape index (κ2) is 8.53. The van der Waals surface area contributed by atoms with Gasteiger partial charge in [0, 0.05) is 18.7 Å². The summed E-state index contributed by atoms with van der Waals surface area (Å²) in [5.41, 5.74) is 0.462. The Morgan fingerprint density at radius 2 is 2.09 bits per heavy atom. The van der Waals surface area contributed by atoms with Crippen LogP contribution in [-0.2, 0) is 9.53 Å². The molecule has 0 spiro atoms. The van der Waals surface area contributed by atoms with E-state index >= 15 is 0 Å². The van der Waals surface area contributed by atoms with E-state index in [9.17, 15) is 9.59 Å². The minimum atomic E-state index is -1.01. The Morgan fingerprint density at radius 3 is 2.65 bits per heavy atom. The highest BCUT2D eigenvalue weighted by molar-refractivity contribution is 5.95. The van der Waals surface area contributed by atoms with Crippen LogP contribution in [-0.4, -0.2) is 54.3 Å². The fraction of sp³-hybridized carbons (Fsp3) is 0.529. The molecule has 1 unspecified atom stereocenters. The summed E-state index contributed by atoms with van der Waals surface area (Å²) in [6.07, 6.45) is 2.93. The third-order valence-electron chi connectivity index (χ3n) is 3.67. The monoisotopic (exact) mass is 321 g/mol. The van der Waals surface area contributed by atoms with E-state index in [1.807, 2.05) is 6.92 Å². The van der Waals surface area contributed by atoms with E-state index in [0.29, 0.717) is 30.9 Å². The average molecular weight is 321 g/mol. The van der Waals surface area contributed by atoms with Gasteiger partial charge in [-0.05, 0) is 43.5 Å².